The van der Waals surface area contributed by atoms with Crippen molar-refractivity contribution >= 4 is 22.9 Å². The molecule has 11 heteroatoms. The molecule has 2 heterocycles. The van der Waals surface area contributed by atoms with Gasteiger partial charge in [-0.2, -0.15) is 13.2 Å². The minimum Gasteiger partial charge on any atom is -0.481 e. The molecule has 0 aliphatic heterocycles. The average Bonchev–Trinajstić information content (AvgIpc) is 3.41. The van der Waals surface area contributed by atoms with Gasteiger partial charge in [-0.25, -0.2) is 4.98 Å². The molecule has 3 aliphatic carbocycles. The number of fused-ring (bicyclic) bond motifs is 2. The molecule has 0 radical (unpaired) electrons. The molecular weight excluding hydrogens is 565 g/mol. The molecule has 42 heavy (non-hydrogen) atoms. The molecule has 1 N–H and O–H groups in total. The fourth-order valence-corrected chi connectivity index (χ4v) is 8.23. The molecular formula is C31H35F3N4O3S. The maximum atomic E-state index is 13.9. The molecule has 0 spiro atoms. The van der Waals surface area contributed by atoms with Crippen molar-refractivity contribution in [3.05, 3.63) is 52.6 Å². The molecule has 3 fully saturated rings. The van der Waals surface area contributed by atoms with E-state index in [0.29, 0.717) is 24.0 Å². The summed E-state index contributed by atoms with van der Waals surface area (Å²) < 4.78 is 45.6. The number of hydrogen-bond donors (Lipinski definition) is 1. The van der Waals surface area contributed by atoms with Gasteiger partial charge in [-0.1, -0.05) is 25.0 Å². The van der Waals surface area contributed by atoms with Crippen molar-refractivity contribution in [2.75, 3.05) is 18.6 Å². The van der Waals surface area contributed by atoms with Crippen molar-refractivity contribution in [1.82, 2.24) is 15.2 Å². The van der Waals surface area contributed by atoms with Gasteiger partial charge in [0, 0.05) is 35.8 Å². The van der Waals surface area contributed by atoms with Crippen LogP contribution in [0.4, 0.5) is 18.9 Å². The minimum absolute atomic E-state index is 0.0255. The van der Waals surface area contributed by atoms with E-state index in [-0.39, 0.29) is 17.2 Å². The highest BCUT2D eigenvalue weighted by molar-refractivity contribution is 7.11. The number of pyridine rings is 1. The standard InChI is InChI=1S/C31H35F3N4O3S/c1-19-36-37-28(42-19)29-10-4-6-22(15-29)23(8-11-29)18-38(27(39)24-16-30(40,17-24)31(32,33)34)25-7-3-5-20(13-25)21-9-12-35-26(14-21)41-2/h3,5,7,9,12-14,22-24,40H,4,6,8,10-11,15-18H2,1-2H3. The van der Waals surface area contributed by atoms with Crippen LogP contribution in [-0.2, 0) is 10.2 Å². The van der Waals surface area contributed by atoms with Crippen LogP contribution in [0.3, 0.4) is 0 Å². The lowest BCUT2D eigenvalue weighted by Gasteiger charge is -2.49. The first-order valence-corrected chi connectivity index (χ1v) is 15.3. The number of rotatable bonds is 7. The van der Waals surface area contributed by atoms with E-state index in [2.05, 4.69) is 15.2 Å². The van der Waals surface area contributed by atoms with E-state index in [4.69, 9.17) is 4.74 Å². The van der Waals surface area contributed by atoms with E-state index in [1.54, 1.807) is 35.6 Å². The van der Waals surface area contributed by atoms with E-state index in [0.717, 1.165) is 59.7 Å². The Kier molecular flexibility index (Phi) is 7.54. The fourth-order valence-electron chi connectivity index (χ4n) is 7.28. The Morgan fingerprint density at radius 2 is 1.90 bits per heavy atom. The summed E-state index contributed by atoms with van der Waals surface area (Å²) in [5.41, 5.74) is -0.436. The number of halogens is 3. The zero-order valence-corrected chi connectivity index (χ0v) is 24.5. The molecule has 3 saturated carbocycles. The van der Waals surface area contributed by atoms with Gasteiger partial charge in [-0.05, 0) is 86.6 Å². The van der Waals surface area contributed by atoms with E-state index < -0.39 is 30.5 Å². The second-order valence-corrected chi connectivity index (χ2v) is 13.5. The largest absolute Gasteiger partial charge is 0.481 e. The van der Waals surface area contributed by atoms with Crippen LogP contribution in [0.1, 0.15) is 61.4 Å². The van der Waals surface area contributed by atoms with Crippen LogP contribution >= 0.6 is 11.3 Å². The van der Waals surface area contributed by atoms with E-state index in [1.807, 2.05) is 37.3 Å². The number of aromatic nitrogens is 3. The molecule has 7 nitrogen and oxygen atoms in total. The Bertz CT molecular complexity index is 1460. The maximum absolute atomic E-state index is 13.9. The molecule has 2 bridgehead atoms. The summed E-state index contributed by atoms with van der Waals surface area (Å²) in [7, 11) is 1.54. The average molecular weight is 601 g/mol. The number of aryl methyl sites for hydroxylation is 1. The number of benzene rings is 1. The number of hydrogen-bond acceptors (Lipinski definition) is 7. The Hall–Kier alpha value is -3.05. The van der Waals surface area contributed by atoms with Crippen molar-refractivity contribution in [1.29, 1.82) is 0 Å². The first-order valence-electron chi connectivity index (χ1n) is 14.5. The molecule has 3 atom stereocenters. The van der Waals surface area contributed by atoms with Gasteiger partial charge in [-0.15, -0.1) is 21.5 Å². The number of alkyl halides is 3. The SMILES string of the molecule is COc1cc(-c2cccc(N(CC3CCC4(c5nnc(C)s5)CCCC3C4)C(=O)C3CC(O)(C(F)(F)F)C3)c2)ccn1. The quantitative estimate of drug-likeness (QED) is 0.334. The third kappa shape index (κ3) is 5.30. The predicted octanol–water partition coefficient (Wildman–Crippen LogP) is 6.49. The number of methoxy groups -OCH3 is 1. The van der Waals surface area contributed by atoms with Crippen LogP contribution in [0.2, 0.25) is 0 Å². The summed E-state index contributed by atoms with van der Waals surface area (Å²) in [5, 5.41) is 21.0. The lowest BCUT2D eigenvalue weighted by atomic mass is 9.58. The number of ether oxygens (including phenoxy) is 1. The van der Waals surface area contributed by atoms with Gasteiger partial charge < -0.3 is 14.7 Å². The third-order valence-electron chi connectivity index (χ3n) is 9.69. The van der Waals surface area contributed by atoms with Crippen molar-refractivity contribution in [2.24, 2.45) is 17.8 Å². The van der Waals surface area contributed by atoms with E-state index >= 15 is 0 Å². The second-order valence-electron chi connectivity index (χ2n) is 12.3. The zero-order valence-electron chi connectivity index (χ0n) is 23.7. The molecule has 3 aliphatic rings. The van der Waals surface area contributed by atoms with Crippen molar-refractivity contribution < 1.29 is 27.8 Å². The molecule has 6 rings (SSSR count). The number of nitrogens with zero attached hydrogens (tertiary/aromatic N) is 4. The Morgan fingerprint density at radius 1 is 1.12 bits per heavy atom. The summed E-state index contributed by atoms with van der Waals surface area (Å²) >= 11 is 1.67. The van der Waals surface area contributed by atoms with Crippen LogP contribution in [0.15, 0.2) is 42.6 Å². The zero-order chi connectivity index (χ0) is 29.7. The van der Waals surface area contributed by atoms with Crippen molar-refractivity contribution in [2.45, 2.75) is 75.5 Å². The van der Waals surface area contributed by atoms with E-state index in [1.165, 1.54) is 0 Å². The van der Waals surface area contributed by atoms with Gasteiger partial charge in [0.05, 0.1) is 7.11 Å². The Morgan fingerprint density at radius 3 is 2.62 bits per heavy atom. The van der Waals surface area contributed by atoms with Gasteiger partial charge in [0.2, 0.25) is 11.8 Å². The maximum Gasteiger partial charge on any atom is 0.417 e. The van der Waals surface area contributed by atoms with Crippen LogP contribution < -0.4 is 9.64 Å². The van der Waals surface area contributed by atoms with Crippen molar-refractivity contribution in [3.63, 3.8) is 0 Å². The molecule has 2 aromatic heterocycles. The predicted molar refractivity (Wildman–Crippen MR) is 153 cm³/mol. The normalized spacial score (nSPS) is 29.0. The summed E-state index contributed by atoms with van der Waals surface area (Å²) in [6.45, 7) is 2.41. The highest BCUT2D eigenvalue weighted by Gasteiger charge is 2.63. The molecule has 224 valence electrons. The first kappa shape index (κ1) is 29.0. The van der Waals surface area contributed by atoms with E-state index in [9.17, 15) is 23.1 Å². The van der Waals surface area contributed by atoms with Gasteiger partial charge in [0.15, 0.2) is 5.60 Å². The van der Waals surface area contributed by atoms with Crippen LogP contribution in [0, 0.1) is 24.7 Å². The number of carbonyl (C=O) groups excluding carboxylic acids is 1. The fraction of sp³-hybridized carbons (Fsp3) is 0.548. The lowest BCUT2D eigenvalue weighted by molar-refractivity contribution is -0.295. The monoisotopic (exact) mass is 600 g/mol. The number of amides is 1. The van der Waals surface area contributed by atoms with Gasteiger partial charge in [-0.3, -0.25) is 4.79 Å². The molecule has 1 amide bonds. The van der Waals surface area contributed by atoms with Gasteiger partial charge in [0.25, 0.3) is 0 Å². The first-order chi connectivity index (χ1) is 20.0. The summed E-state index contributed by atoms with van der Waals surface area (Å²) in [6.07, 6.45) is 1.74. The van der Waals surface area contributed by atoms with Gasteiger partial charge in [0.1, 0.15) is 10.0 Å². The minimum atomic E-state index is -4.76. The highest BCUT2D eigenvalue weighted by Crippen LogP contribution is 2.54. The second kappa shape index (κ2) is 10.9. The number of carbonyl (C=O) groups is 1. The van der Waals surface area contributed by atoms with Crippen molar-refractivity contribution in [3.8, 4) is 17.0 Å². The third-order valence-corrected chi connectivity index (χ3v) is 10.8. The highest BCUT2D eigenvalue weighted by atomic mass is 32.1. The molecule has 1 aromatic carbocycles. The molecule has 3 unspecified atom stereocenters. The van der Waals surface area contributed by atoms with Crippen LogP contribution in [0.5, 0.6) is 5.88 Å². The Balaban J connectivity index is 1.28. The summed E-state index contributed by atoms with van der Waals surface area (Å²) in [4.78, 5) is 19.8. The number of aliphatic hydroxyl groups is 1. The smallest absolute Gasteiger partial charge is 0.417 e. The number of anilines is 1. The van der Waals surface area contributed by atoms with Gasteiger partial charge >= 0.3 is 6.18 Å². The van der Waals surface area contributed by atoms with Crippen LogP contribution in [-0.4, -0.2) is 51.6 Å². The Labute approximate surface area is 247 Å². The summed E-state index contributed by atoms with van der Waals surface area (Å²) in [6, 6.07) is 11.2. The summed E-state index contributed by atoms with van der Waals surface area (Å²) in [5.74, 6) is -0.198. The lowest BCUT2D eigenvalue weighted by Crippen LogP contribution is -2.59. The molecule has 3 aromatic rings. The van der Waals surface area contributed by atoms with Crippen LogP contribution in [0.25, 0.3) is 11.1 Å². The topological polar surface area (TPSA) is 88.4 Å². The molecule has 0 saturated heterocycles.